The molecule has 29 heavy (non-hydrogen) atoms. The fourth-order valence-electron chi connectivity index (χ4n) is 2.37. The Bertz CT molecular complexity index is 650. The summed E-state index contributed by atoms with van der Waals surface area (Å²) in [5, 5.41) is 33.5. The lowest BCUT2D eigenvalue weighted by Gasteiger charge is -2.24. The van der Waals surface area contributed by atoms with Gasteiger partial charge in [-0.1, -0.05) is 13.8 Å². The van der Waals surface area contributed by atoms with Crippen LogP contribution in [0, 0.1) is 5.92 Å². The van der Waals surface area contributed by atoms with Gasteiger partial charge >= 0.3 is 17.9 Å². The molecule has 0 aromatic heterocycles. The summed E-state index contributed by atoms with van der Waals surface area (Å²) in [5.74, 6) is -7.15. The summed E-state index contributed by atoms with van der Waals surface area (Å²) in [7, 11) is 1.31. The van der Waals surface area contributed by atoms with E-state index in [9.17, 15) is 28.8 Å². The van der Waals surface area contributed by atoms with E-state index in [2.05, 4.69) is 16.0 Å². The van der Waals surface area contributed by atoms with Crippen LogP contribution in [-0.2, 0) is 28.8 Å². The third kappa shape index (κ3) is 9.65. The molecule has 0 saturated carbocycles. The van der Waals surface area contributed by atoms with E-state index in [0.717, 1.165) is 0 Å². The largest absolute Gasteiger partial charge is 0.481 e. The second kappa shape index (κ2) is 12.4. The molecule has 2 amide bonds. The van der Waals surface area contributed by atoms with Gasteiger partial charge in [0.1, 0.15) is 6.04 Å². The smallest absolute Gasteiger partial charge is 0.305 e. The molecule has 12 nitrogen and oxygen atoms in total. The first-order valence-corrected chi connectivity index (χ1v) is 8.89. The Hall–Kier alpha value is -3.02. The Morgan fingerprint density at radius 1 is 0.724 bits per heavy atom. The highest BCUT2D eigenvalue weighted by molar-refractivity contribution is 5.97. The van der Waals surface area contributed by atoms with E-state index < -0.39 is 78.8 Å². The van der Waals surface area contributed by atoms with Crippen LogP contribution >= 0.6 is 0 Å². The molecule has 4 unspecified atom stereocenters. The van der Waals surface area contributed by atoms with Crippen LogP contribution in [0.3, 0.4) is 0 Å². The molecule has 0 aromatic carbocycles. The molecular weight excluding hydrogens is 390 g/mol. The number of hydrogen-bond donors (Lipinski definition) is 6. The van der Waals surface area contributed by atoms with Crippen molar-refractivity contribution < 1.29 is 44.1 Å². The number of hydrogen-bond acceptors (Lipinski definition) is 7. The summed E-state index contributed by atoms with van der Waals surface area (Å²) < 4.78 is 0. The maximum absolute atomic E-state index is 12.5. The van der Waals surface area contributed by atoms with Crippen LogP contribution in [0.25, 0.3) is 0 Å². The minimum absolute atomic E-state index is 0.402. The predicted molar refractivity (Wildman–Crippen MR) is 97.9 cm³/mol. The van der Waals surface area contributed by atoms with Crippen molar-refractivity contribution in [2.75, 3.05) is 7.05 Å². The summed E-state index contributed by atoms with van der Waals surface area (Å²) in [6, 6.07) is -4.26. The molecule has 4 atom stereocenters. The first kappa shape index (κ1) is 26.0. The van der Waals surface area contributed by atoms with Gasteiger partial charge in [-0.2, -0.15) is 0 Å². The van der Waals surface area contributed by atoms with Gasteiger partial charge in [-0.05, 0) is 13.5 Å². The second-order valence-electron chi connectivity index (χ2n) is 6.47. The van der Waals surface area contributed by atoms with Crippen molar-refractivity contribution in [2.24, 2.45) is 5.92 Å². The Labute approximate surface area is 167 Å². The van der Waals surface area contributed by atoms with Crippen LogP contribution in [0.2, 0.25) is 0 Å². The molecule has 0 saturated heterocycles. The van der Waals surface area contributed by atoms with E-state index in [0.29, 0.717) is 6.42 Å². The van der Waals surface area contributed by atoms with Crippen LogP contribution in [0.15, 0.2) is 0 Å². The molecule has 0 spiro atoms. The number of likely N-dealkylation sites (N-methyl/N-ethyl adjacent to an activating group) is 1. The van der Waals surface area contributed by atoms with Crippen molar-refractivity contribution in [2.45, 2.75) is 57.7 Å². The highest BCUT2D eigenvalue weighted by Crippen LogP contribution is 2.09. The van der Waals surface area contributed by atoms with Gasteiger partial charge in [0.05, 0.1) is 31.3 Å². The van der Waals surface area contributed by atoms with Crippen LogP contribution in [-0.4, -0.2) is 76.0 Å². The lowest BCUT2D eigenvalue weighted by Crippen LogP contribution is -2.56. The summed E-state index contributed by atoms with van der Waals surface area (Å²) in [6.07, 6.45) is -1.77. The number of Topliss-reactive ketones (excluding diaryl/α,β-unsaturated/α-hetero) is 1. The van der Waals surface area contributed by atoms with E-state index in [1.54, 1.807) is 13.8 Å². The fraction of sp³-hybridized carbons (Fsp3) is 0.647. The molecule has 0 aromatic rings. The van der Waals surface area contributed by atoms with Crippen LogP contribution in [0.4, 0.5) is 0 Å². The maximum atomic E-state index is 12.5. The quantitative estimate of drug-likeness (QED) is 0.195. The first-order chi connectivity index (χ1) is 13.4. The zero-order valence-electron chi connectivity index (χ0n) is 16.4. The SMILES string of the molecule is CCC(C)C(=O)C(CC(=O)O)NC(=O)C(CC(=O)O)NC(=O)C(CC(=O)O)NC. The number of amides is 2. The van der Waals surface area contributed by atoms with Gasteiger partial charge in [0.2, 0.25) is 11.8 Å². The van der Waals surface area contributed by atoms with Gasteiger partial charge in [0, 0.05) is 5.92 Å². The molecule has 0 heterocycles. The molecule has 0 rings (SSSR count). The maximum Gasteiger partial charge on any atom is 0.305 e. The second-order valence-corrected chi connectivity index (χ2v) is 6.47. The van der Waals surface area contributed by atoms with E-state index >= 15 is 0 Å². The lowest BCUT2D eigenvalue weighted by atomic mass is 9.95. The number of carboxylic acids is 3. The normalized spacial score (nSPS) is 14.7. The fourth-order valence-corrected chi connectivity index (χ4v) is 2.37. The van der Waals surface area contributed by atoms with Crippen LogP contribution in [0.1, 0.15) is 39.5 Å². The van der Waals surface area contributed by atoms with Crippen molar-refractivity contribution in [3.8, 4) is 0 Å². The average Bonchev–Trinajstić information content (AvgIpc) is 2.62. The van der Waals surface area contributed by atoms with Crippen molar-refractivity contribution >= 4 is 35.5 Å². The number of carboxylic acid groups (broad SMARTS) is 3. The highest BCUT2D eigenvalue weighted by Gasteiger charge is 2.32. The molecule has 12 heteroatoms. The van der Waals surface area contributed by atoms with Gasteiger partial charge in [-0.3, -0.25) is 28.8 Å². The van der Waals surface area contributed by atoms with Crippen molar-refractivity contribution in [3.63, 3.8) is 0 Å². The van der Waals surface area contributed by atoms with Crippen molar-refractivity contribution in [1.29, 1.82) is 0 Å². The Morgan fingerprint density at radius 2 is 1.10 bits per heavy atom. The van der Waals surface area contributed by atoms with E-state index in [1.807, 2.05) is 0 Å². The number of aliphatic carboxylic acids is 3. The molecule has 0 radical (unpaired) electrons. The number of carbonyl (C=O) groups excluding carboxylic acids is 3. The third-order valence-corrected chi connectivity index (χ3v) is 4.19. The third-order valence-electron chi connectivity index (χ3n) is 4.19. The highest BCUT2D eigenvalue weighted by atomic mass is 16.4. The Morgan fingerprint density at radius 3 is 1.52 bits per heavy atom. The number of carbonyl (C=O) groups is 6. The van der Waals surface area contributed by atoms with Gasteiger partial charge in [-0.15, -0.1) is 0 Å². The number of rotatable bonds is 14. The van der Waals surface area contributed by atoms with E-state index in [-0.39, 0.29) is 0 Å². The van der Waals surface area contributed by atoms with Crippen molar-refractivity contribution in [3.05, 3.63) is 0 Å². The summed E-state index contributed by atoms with van der Waals surface area (Å²) in [6.45, 7) is 3.26. The van der Waals surface area contributed by atoms with Gasteiger partial charge < -0.3 is 31.3 Å². The first-order valence-electron chi connectivity index (χ1n) is 8.89. The molecule has 0 aliphatic rings. The molecule has 0 aliphatic carbocycles. The average molecular weight is 417 g/mol. The minimum Gasteiger partial charge on any atom is -0.481 e. The zero-order chi connectivity index (χ0) is 22.7. The molecule has 0 fully saturated rings. The molecule has 6 N–H and O–H groups in total. The Balaban J connectivity index is 5.45. The van der Waals surface area contributed by atoms with Crippen LogP contribution < -0.4 is 16.0 Å². The van der Waals surface area contributed by atoms with Crippen LogP contribution in [0.5, 0.6) is 0 Å². The monoisotopic (exact) mass is 417 g/mol. The molecule has 164 valence electrons. The predicted octanol–water partition coefficient (Wildman–Crippen LogP) is -1.42. The lowest BCUT2D eigenvalue weighted by molar-refractivity contribution is -0.144. The zero-order valence-corrected chi connectivity index (χ0v) is 16.4. The summed E-state index contributed by atoms with van der Waals surface area (Å²) in [4.78, 5) is 69.9. The molecule has 0 bridgehead atoms. The number of ketones is 1. The molecular formula is C17H27N3O9. The standard InChI is InChI=1S/C17H27N3O9/c1-4-8(2)15(27)9(5-12(21)22)19-17(29)11(7-14(25)26)20-16(28)10(18-3)6-13(23)24/h8-11,18H,4-7H2,1-3H3,(H,19,29)(H,20,28)(H,21,22)(H,23,24)(H,25,26). The summed E-state index contributed by atoms with van der Waals surface area (Å²) >= 11 is 0. The molecule has 0 aliphatic heterocycles. The van der Waals surface area contributed by atoms with Crippen molar-refractivity contribution in [1.82, 2.24) is 16.0 Å². The Kier molecular flexibility index (Phi) is 11.1. The van der Waals surface area contributed by atoms with E-state index in [1.165, 1.54) is 7.05 Å². The summed E-state index contributed by atoms with van der Waals surface area (Å²) in [5.41, 5.74) is 0. The number of nitrogens with one attached hydrogen (secondary N) is 3. The minimum atomic E-state index is -1.63. The van der Waals surface area contributed by atoms with Gasteiger partial charge in [-0.25, -0.2) is 0 Å². The van der Waals surface area contributed by atoms with E-state index in [4.69, 9.17) is 15.3 Å². The van der Waals surface area contributed by atoms with Gasteiger partial charge in [0.15, 0.2) is 5.78 Å². The van der Waals surface area contributed by atoms with Gasteiger partial charge in [0.25, 0.3) is 0 Å². The topological polar surface area (TPSA) is 199 Å².